The SMILES string of the molecule is C[C@H](NC(=O)/C=C/c1ccccc1)C(=O)O[C@@H](C)C(=O)Nc1ccc(C#N)cc1. The van der Waals surface area contributed by atoms with Crippen molar-refractivity contribution in [3.63, 3.8) is 0 Å². The molecule has 0 spiro atoms. The van der Waals surface area contributed by atoms with Gasteiger partial charge in [0.05, 0.1) is 11.6 Å². The molecule has 0 heterocycles. The number of nitrogens with zero attached hydrogens (tertiary/aromatic N) is 1. The molecule has 2 aromatic rings. The van der Waals surface area contributed by atoms with Gasteiger partial charge in [-0.3, -0.25) is 9.59 Å². The lowest BCUT2D eigenvalue weighted by atomic mass is 10.2. The molecular weight excluding hydrogens is 370 g/mol. The third-order valence-electron chi connectivity index (χ3n) is 3.88. The Kier molecular flexibility index (Phi) is 7.68. The number of nitrogens with one attached hydrogen (secondary N) is 2. The van der Waals surface area contributed by atoms with Crippen molar-refractivity contribution in [2.45, 2.75) is 26.0 Å². The molecule has 0 aliphatic carbocycles. The highest BCUT2D eigenvalue weighted by molar-refractivity contribution is 5.97. The van der Waals surface area contributed by atoms with E-state index in [2.05, 4.69) is 10.6 Å². The molecule has 0 unspecified atom stereocenters. The molecule has 7 nitrogen and oxygen atoms in total. The fourth-order valence-corrected chi connectivity index (χ4v) is 2.26. The first-order valence-corrected chi connectivity index (χ1v) is 8.94. The third-order valence-corrected chi connectivity index (χ3v) is 3.88. The van der Waals surface area contributed by atoms with Crippen molar-refractivity contribution in [2.75, 3.05) is 5.32 Å². The van der Waals surface area contributed by atoms with Gasteiger partial charge in [-0.15, -0.1) is 0 Å². The Morgan fingerprint density at radius 3 is 2.31 bits per heavy atom. The van der Waals surface area contributed by atoms with Crippen molar-refractivity contribution in [2.24, 2.45) is 0 Å². The summed E-state index contributed by atoms with van der Waals surface area (Å²) in [6, 6.07) is 16.6. The van der Waals surface area contributed by atoms with Gasteiger partial charge in [-0.1, -0.05) is 30.3 Å². The molecule has 0 radical (unpaired) electrons. The minimum absolute atomic E-state index is 0.451. The van der Waals surface area contributed by atoms with Gasteiger partial charge in [0.25, 0.3) is 5.91 Å². The highest BCUT2D eigenvalue weighted by Crippen LogP contribution is 2.10. The summed E-state index contributed by atoms with van der Waals surface area (Å²) in [5.41, 5.74) is 1.80. The highest BCUT2D eigenvalue weighted by atomic mass is 16.5. The lowest BCUT2D eigenvalue weighted by molar-refractivity contribution is -0.155. The molecule has 0 aliphatic heterocycles. The summed E-state index contributed by atoms with van der Waals surface area (Å²) in [4.78, 5) is 36.2. The topological polar surface area (TPSA) is 108 Å². The number of hydrogen-bond acceptors (Lipinski definition) is 5. The van der Waals surface area contributed by atoms with Crippen LogP contribution in [0.25, 0.3) is 6.08 Å². The number of hydrogen-bond donors (Lipinski definition) is 2. The quantitative estimate of drug-likeness (QED) is 0.557. The van der Waals surface area contributed by atoms with Crippen molar-refractivity contribution < 1.29 is 19.1 Å². The second-order valence-corrected chi connectivity index (χ2v) is 6.23. The van der Waals surface area contributed by atoms with E-state index in [0.717, 1.165) is 5.56 Å². The number of nitriles is 1. The molecule has 0 aliphatic rings. The van der Waals surface area contributed by atoms with Gasteiger partial charge in [0, 0.05) is 11.8 Å². The van der Waals surface area contributed by atoms with Gasteiger partial charge in [0.15, 0.2) is 6.10 Å². The zero-order valence-electron chi connectivity index (χ0n) is 16.1. The fraction of sp³-hybridized carbons (Fsp3) is 0.182. The van der Waals surface area contributed by atoms with Gasteiger partial charge in [-0.25, -0.2) is 4.79 Å². The predicted molar refractivity (Wildman–Crippen MR) is 108 cm³/mol. The van der Waals surface area contributed by atoms with Gasteiger partial charge >= 0.3 is 5.97 Å². The van der Waals surface area contributed by atoms with Crippen LogP contribution in [0.4, 0.5) is 5.69 Å². The number of esters is 1. The molecule has 2 atom stereocenters. The molecular formula is C22H21N3O4. The predicted octanol–water partition coefficient (Wildman–Crippen LogP) is 2.65. The van der Waals surface area contributed by atoms with E-state index in [1.165, 1.54) is 19.9 Å². The molecule has 29 heavy (non-hydrogen) atoms. The number of anilines is 1. The summed E-state index contributed by atoms with van der Waals surface area (Å²) in [6.07, 6.45) is 1.89. The molecule has 0 aromatic heterocycles. The fourth-order valence-electron chi connectivity index (χ4n) is 2.26. The Labute approximate surface area is 169 Å². The lowest BCUT2D eigenvalue weighted by Gasteiger charge is -2.17. The molecule has 148 valence electrons. The van der Waals surface area contributed by atoms with Crippen LogP contribution in [-0.2, 0) is 19.1 Å². The summed E-state index contributed by atoms with van der Waals surface area (Å²) in [5, 5.41) is 13.9. The van der Waals surface area contributed by atoms with E-state index >= 15 is 0 Å². The summed E-state index contributed by atoms with van der Waals surface area (Å²) >= 11 is 0. The molecule has 2 N–H and O–H groups in total. The van der Waals surface area contributed by atoms with E-state index in [1.54, 1.807) is 30.3 Å². The van der Waals surface area contributed by atoms with Crippen molar-refractivity contribution in [3.8, 4) is 6.07 Å². The lowest BCUT2D eigenvalue weighted by Crippen LogP contribution is -2.41. The van der Waals surface area contributed by atoms with Crippen LogP contribution < -0.4 is 10.6 Å². The Bertz CT molecular complexity index is 931. The van der Waals surface area contributed by atoms with Crippen LogP contribution in [0.15, 0.2) is 60.7 Å². The first kappa shape index (κ1) is 21.4. The maximum atomic E-state index is 12.2. The largest absolute Gasteiger partial charge is 0.451 e. The van der Waals surface area contributed by atoms with Crippen LogP contribution in [0.2, 0.25) is 0 Å². The van der Waals surface area contributed by atoms with E-state index < -0.39 is 29.9 Å². The second kappa shape index (κ2) is 10.4. The van der Waals surface area contributed by atoms with Crippen LogP contribution in [0.1, 0.15) is 25.0 Å². The smallest absolute Gasteiger partial charge is 0.329 e. The van der Waals surface area contributed by atoms with Gasteiger partial charge in [0.2, 0.25) is 5.91 Å². The zero-order valence-corrected chi connectivity index (χ0v) is 16.1. The van der Waals surface area contributed by atoms with Crippen LogP contribution in [0.3, 0.4) is 0 Å². The second-order valence-electron chi connectivity index (χ2n) is 6.23. The first-order valence-electron chi connectivity index (χ1n) is 8.94. The van der Waals surface area contributed by atoms with E-state index in [0.29, 0.717) is 11.3 Å². The van der Waals surface area contributed by atoms with Crippen molar-refractivity contribution in [3.05, 3.63) is 71.8 Å². The van der Waals surface area contributed by atoms with Crippen molar-refractivity contribution in [1.29, 1.82) is 5.26 Å². The van der Waals surface area contributed by atoms with Crippen LogP contribution in [-0.4, -0.2) is 29.9 Å². The van der Waals surface area contributed by atoms with Gasteiger partial charge in [0.1, 0.15) is 6.04 Å². The van der Waals surface area contributed by atoms with Gasteiger partial charge < -0.3 is 15.4 Å². The summed E-state index contributed by atoms with van der Waals surface area (Å²) in [7, 11) is 0. The van der Waals surface area contributed by atoms with Crippen LogP contribution >= 0.6 is 0 Å². The third kappa shape index (κ3) is 6.96. The Morgan fingerprint density at radius 1 is 1.03 bits per heavy atom. The van der Waals surface area contributed by atoms with E-state index in [4.69, 9.17) is 10.00 Å². The van der Waals surface area contributed by atoms with Crippen molar-refractivity contribution in [1.82, 2.24) is 5.32 Å². The number of carbonyl (C=O) groups is 3. The Balaban J connectivity index is 1.82. The average molecular weight is 391 g/mol. The summed E-state index contributed by atoms with van der Waals surface area (Å²) in [5.74, 6) is -1.70. The highest BCUT2D eigenvalue weighted by Gasteiger charge is 2.22. The molecule has 0 saturated heterocycles. The summed E-state index contributed by atoms with van der Waals surface area (Å²) < 4.78 is 5.11. The van der Waals surface area contributed by atoms with Crippen molar-refractivity contribution >= 4 is 29.5 Å². The van der Waals surface area contributed by atoms with Gasteiger partial charge in [-0.2, -0.15) is 5.26 Å². The molecule has 7 heteroatoms. The molecule has 0 saturated carbocycles. The minimum atomic E-state index is -1.06. The maximum absolute atomic E-state index is 12.2. The first-order chi connectivity index (χ1) is 13.9. The molecule has 0 bridgehead atoms. The van der Waals surface area contributed by atoms with E-state index in [9.17, 15) is 14.4 Å². The molecule has 2 rings (SSSR count). The maximum Gasteiger partial charge on any atom is 0.329 e. The number of carbonyl (C=O) groups excluding carboxylic acids is 3. The molecule has 2 aromatic carbocycles. The minimum Gasteiger partial charge on any atom is -0.451 e. The standard InChI is InChI=1S/C22H21N3O4/c1-15(24-20(26)13-10-17-6-4-3-5-7-17)22(28)29-16(2)21(27)25-19-11-8-18(14-23)9-12-19/h3-13,15-16H,1-2H3,(H,24,26)(H,25,27)/b13-10+/t15-,16-/m0/s1. The zero-order chi connectivity index (χ0) is 21.2. The van der Waals surface area contributed by atoms with Gasteiger partial charge in [-0.05, 0) is 49.8 Å². The average Bonchev–Trinajstić information content (AvgIpc) is 2.73. The Morgan fingerprint density at radius 2 is 1.69 bits per heavy atom. The van der Waals surface area contributed by atoms with Crippen LogP contribution in [0.5, 0.6) is 0 Å². The normalized spacial score (nSPS) is 12.4. The number of ether oxygens (including phenoxy) is 1. The molecule has 0 fully saturated rings. The number of rotatable bonds is 7. The summed E-state index contributed by atoms with van der Waals surface area (Å²) in [6.45, 7) is 2.91. The number of benzene rings is 2. The molecule has 2 amide bonds. The van der Waals surface area contributed by atoms with E-state index in [1.807, 2.05) is 36.4 Å². The van der Waals surface area contributed by atoms with Crippen LogP contribution in [0, 0.1) is 11.3 Å². The monoisotopic (exact) mass is 391 g/mol. The number of amides is 2. The van der Waals surface area contributed by atoms with E-state index in [-0.39, 0.29) is 0 Å². The Hall–Kier alpha value is -3.92.